The van der Waals surface area contributed by atoms with Gasteiger partial charge in [-0.2, -0.15) is 0 Å². The standard InChI is InChI=1S/C56H42N2/c1-3-13-41(14-4-1)43-25-33-49(34-26-43)57(55-23-11-19-47-17-7-9-21-53(47)55)51-37-29-45(30-38-51)46-31-39-52(40-32-46)58(56-24-12-20-48-18-8-10-22-54(48)56)50-35-27-44(28-36-50)42-15-5-2-6-16-42/h1-40,47,53H. The largest absolute Gasteiger partial charge is 0.314 e. The maximum atomic E-state index is 2.43. The summed E-state index contributed by atoms with van der Waals surface area (Å²) in [5.41, 5.74) is 14.1. The maximum Gasteiger partial charge on any atom is 0.0540 e. The van der Waals surface area contributed by atoms with Crippen LogP contribution in [-0.4, -0.2) is 0 Å². The fraction of sp³-hybridized carbons (Fsp3) is 0.0357. The molecule has 0 radical (unpaired) electrons. The van der Waals surface area contributed by atoms with Crippen molar-refractivity contribution in [3.05, 3.63) is 248 Å². The highest BCUT2D eigenvalue weighted by Gasteiger charge is 2.28. The molecule has 0 heterocycles. The van der Waals surface area contributed by atoms with Crippen LogP contribution < -0.4 is 9.80 Å². The van der Waals surface area contributed by atoms with Gasteiger partial charge in [-0.15, -0.1) is 0 Å². The molecule has 0 saturated heterocycles. The average Bonchev–Trinajstić information content (AvgIpc) is 3.31. The first-order chi connectivity index (χ1) is 28.8. The number of anilines is 5. The molecule has 0 aliphatic heterocycles. The Morgan fingerprint density at radius 2 is 0.724 bits per heavy atom. The molecular weight excluding hydrogens is 701 g/mol. The van der Waals surface area contributed by atoms with Gasteiger partial charge >= 0.3 is 0 Å². The first-order valence-corrected chi connectivity index (χ1v) is 20.1. The van der Waals surface area contributed by atoms with Crippen molar-refractivity contribution in [1.82, 2.24) is 0 Å². The minimum Gasteiger partial charge on any atom is -0.314 e. The molecule has 2 atom stereocenters. The number of rotatable bonds is 9. The summed E-state index contributed by atoms with van der Waals surface area (Å²) in [4.78, 5) is 4.80. The van der Waals surface area contributed by atoms with Gasteiger partial charge in [0.2, 0.25) is 0 Å². The minimum absolute atomic E-state index is 0.259. The van der Waals surface area contributed by atoms with E-state index in [1.165, 1.54) is 49.9 Å². The third kappa shape index (κ3) is 6.86. The van der Waals surface area contributed by atoms with E-state index >= 15 is 0 Å². The van der Waals surface area contributed by atoms with Crippen LogP contribution in [0.25, 0.3) is 44.2 Å². The van der Waals surface area contributed by atoms with Crippen LogP contribution in [0.3, 0.4) is 0 Å². The summed E-state index contributed by atoms with van der Waals surface area (Å²) in [6.07, 6.45) is 15.8. The second kappa shape index (κ2) is 15.6. The first-order valence-electron chi connectivity index (χ1n) is 20.1. The monoisotopic (exact) mass is 742 g/mol. The topological polar surface area (TPSA) is 6.48 Å². The summed E-state index contributed by atoms with van der Waals surface area (Å²) in [5, 5.41) is 2.43. The van der Waals surface area contributed by atoms with Gasteiger partial charge in [-0.25, -0.2) is 0 Å². The van der Waals surface area contributed by atoms with Crippen LogP contribution in [0.4, 0.5) is 28.4 Å². The molecule has 2 nitrogen and oxygen atoms in total. The van der Waals surface area contributed by atoms with Crippen molar-refractivity contribution in [2.75, 3.05) is 9.80 Å². The molecular formula is C56H42N2. The lowest BCUT2D eigenvalue weighted by molar-refractivity contribution is 0.612. The molecule has 58 heavy (non-hydrogen) atoms. The second-order valence-corrected chi connectivity index (χ2v) is 14.9. The van der Waals surface area contributed by atoms with Crippen LogP contribution in [0.2, 0.25) is 0 Å². The van der Waals surface area contributed by atoms with Gasteiger partial charge in [0, 0.05) is 45.7 Å². The molecule has 2 aliphatic rings. The maximum absolute atomic E-state index is 2.43. The Hall–Kier alpha value is -7.42. The fourth-order valence-corrected chi connectivity index (χ4v) is 8.47. The van der Waals surface area contributed by atoms with Gasteiger partial charge in [-0.05, 0) is 99.4 Å². The predicted molar refractivity (Wildman–Crippen MR) is 246 cm³/mol. The van der Waals surface area contributed by atoms with E-state index in [4.69, 9.17) is 0 Å². The van der Waals surface area contributed by atoms with E-state index in [-0.39, 0.29) is 5.92 Å². The number of hydrogen-bond donors (Lipinski definition) is 0. The Kier molecular flexibility index (Phi) is 9.43. The molecule has 2 unspecified atom stereocenters. The highest BCUT2D eigenvalue weighted by molar-refractivity contribution is 5.99. The number of benzene rings is 8. The Balaban J connectivity index is 0.987. The van der Waals surface area contributed by atoms with Crippen LogP contribution in [0.5, 0.6) is 0 Å². The normalized spacial score (nSPS) is 15.5. The molecule has 0 fully saturated rings. The number of hydrogen-bond acceptors (Lipinski definition) is 2. The van der Waals surface area contributed by atoms with Gasteiger partial charge in [0.25, 0.3) is 0 Å². The van der Waals surface area contributed by atoms with Gasteiger partial charge in [-0.3, -0.25) is 0 Å². The van der Waals surface area contributed by atoms with Gasteiger partial charge in [0.15, 0.2) is 0 Å². The fourth-order valence-electron chi connectivity index (χ4n) is 8.47. The highest BCUT2D eigenvalue weighted by Crippen LogP contribution is 2.43. The van der Waals surface area contributed by atoms with E-state index in [1.807, 2.05) is 0 Å². The summed E-state index contributed by atoms with van der Waals surface area (Å²) < 4.78 is 0. The SMILES string of the molecule is C1=CC2C=CC=C(N(c3ccc(-c4ccccc4)cc3)c3ccc(-c4ccc(N(c5ccc(-c6ccccc6)cc5)c5cccc6ccccc56)cc4)cc3)C2C=C1. The molecule has 0 N–H and O–H groups in total. The highest BCUT2D eigenvalue weighted by atomic mass is 15.2. The lowest BCUT2D eigenvalue weighted by Crippen LogP contribution is -2.27. The van der Waals surface area contributed by atoms with Gasteiger partial charge < -0.3 is 9.80 Å². The zero-order valence-corrected chi connectivity index (χ0v) is 32.1. The molecule has 2 heteroatoms. The number of nitrogens with zero attached hydrogens (tertiary/aromatic N) is 2. The van der Waals surface area contributed by atoms with Crippen molar-refractivity contribution >= 4 is 39.2 Å². The molecule has 0 spiro atoms. The van der Waals surface area contributed by atoms with E-state index in [2.05, 4.69) is 253 Å². The van der Waals surface area contributed by atoms with Crippen molar-refractivity contribution in [3.8, 4) is 33.4 Å². The van der Waals surface area contributed by atoms with Crippen LogP contribution in [0, 0.1) is 11.8 Å². The number of allylic oxidation sites excluding steroid dienone is 7. The lowest BCUT2D eigenvalue weighted by atomic mass is 9.82. The molecule has 8 aromatic rings. The van der Waals surface area contributed by atoms with E-state index in [0.717, 1.165) is 28.4 Å². The van der Waals surface area contributed by atoms with Crippen molar-refractivity contribution in [2.45, 2.75) is 0 Å². The van der Waals surface area contributed by atoms with E-state index in [9.17, 15) is 0 Å². The van der Waals surface area contributed by atoms with Crippen LogP contribution in [0.1, 0.15) is 0 Å². The molecule has 0 bridgehead atoms. The van der Waals surface area contributed by atoms with Crippen LogP contribution in [0.15, 0.2) is 248 Å². The van der Waals surface area contributed by atoms with Crippen molar-refractivity contribution in [3.63, 3.8) is 0 Å². The smallest absolute Gasteiger partial charge is 0.0540 e. The molecule has 8 aromatic carbocycles. The average molecular weight is 743 g/mol. The number of fused-ring (bicyclic) bond motifs is 2. The van der Waals surface area contributed by atoms with Gasteiger partial charge in [0.1, 0.15) is 0 Å². The Labute approximate surface area is 341 Å². The first kappa shape index (κ1) is 35.0. The quantitative estimate of drug-likeness (QED) is 0.145. The van der Waals surface area contributed by atoms with E-state index < -0.39 is 0 Å². The molecule has 10 rings (SSSR count). The summed E-state index contributed by atoms with van der Waals surface area (Å²) in [6.45, 7) is 0. The predicted octanol–water partition coefficient (Wildman–Crippen LogP) is 15.3. The Morgan fingerprint density at radius 1 is 0.310 bits per heavy atom. The third-order valence-corrected chi connectivity index (χ3v) is 11.4. The Bertz CT molecular complexity index is 2790. The zero-order chi connectivity index (χ0) is 38.7. The van der Waals surface area contributed by atoms with Crippen molar-refractivity contribution in [1.29, 1.82) is 0 Å². The molecule has 0 amide bonds. The Morgan fingerprint density at radius 3 is 1.26 bits per heavy atom. The van der Waals surface area contributed by atoms with Crippen LogP contribution in [-0.2, 0) is 0 Å². The van der Waals surface area contributed by atoms with E-state index in [1.54, 1.807) is 0 Å². The molecule has 276 valence electrons. The van der Waals surface area contributed by atoms with Gasteiger partial charge in [-0.1, -0.05) is 182 Å². The molecule has 0 aromatic heterocycles. The zero-order valence-electron chi connectivity index (χ0n) is 32.1. The van der Waals surface area contributed by atoms with Crippen molar-refractivity contribution in [2.24, 2.45) is 11.8 Å². The van der Waals surface area contributed by atoms with Gasteiger partial charge in [0.05, 0.1) is 5.69 Å². The molecule has 2 aliphatic carbocycles. The molecule has 0 saturated carbocycles. The summed E-state index contributed by atoms with van der Waals surface area (Å²) in [5.74, 6) is 0.597. The summed E-state index contributed by atoms with van der Waals surface area (Å²) in [7, 11) is 0. The lowest BCUT2D eigenvalue weighted by Gasteiger charge is -2.36. The van der Waals surface area contributed by atoms with E-state index in [0.29, 0.717) is 5.92 Å². The second-order valence-electron chi connectivity index (χ2n) is 14.9. The minimum atomic E-state index is 0.259. The third-order valence-electron chi connectivity index (χ3n) is 11.4. The summed E-state index contributed by atoms with van der Waals surface area (Å²) >= 11 is 0. The van der Waals surface area contributed by atoms with Crippen molar-refractivity contribution < 1.29 is 0 Å². The van der Waals surface area contributed by atoms with Crippen LogP contribution >= 0.6 is 0 Å². The summed E-state index contributed by atoms with van der Waals surface area (Å²) in [6, 6.07) is 72.3.